The molecule has 12 heteroatoms. The summed E-state index contributed by atoms with van der Waals surface area (Å²) in [7, 11) is 3.59. The van der Waals surface area contributed by atoms with E-state index in [2.05, 4.69) is 0 Å². The van der Waals surface area contributed by atoms with E-state index in [1.807, 2.05) is 60.7 Å². The smallest absolute Gasteiger partial charge is 0.360 e. The van der Waals surface area contributed by atoms with Gasteiger partial charge in [-0.05, 0) is 24.0 Å². The average Bonchev–Trinajstić information content (AvgIpc) is 2.93. The second-order valence-electron chi connectivity index (χ2n) is 9.35. The standard InChI is InChI=1S/C16H17NO.C13H16F3N3O4/c1-17(2)16(18)15(13-9-5-3-6-10-13)14-11-7-4-8-12-14;1-3-5-17(6-4-2)12-10(18(20)21)7-9(13(14,15)16)8-11(12)19(22)23/h3-12,15H,1-2H3;7-8H,3-6H2,1-2H3. The van der Waals surface area contributed by atoms with E-state index in [0.29, 0.717) is 25.0 Å². The van der Waals surface area contributed by atoms with Gasteiger partial charge in [-0.15, -0.1) is 0 Å². The second kappa shape index (κ2) is 14.8. The minimum atomic E-state index is -4.91. The molecule has 220 valence electrons. The van der Waals surface area contributed by atoms with E-state index in [1.54, 1.807) is 32.8 Å². The fraction of sp³-hybridized carbons (Fsp3) is 0.345. The van der Waals surface area contributed by atoms with Crippen LogP contribution < -0.4 is 4.90 Å². The van der Waals surface area contributed by atoms with Crippen LogP contribution in [-0.2, 0) is 11.0 Å². The van der Waals surface area contributed by atoms with Gasteiger partial charge in [0.15, 0.2) is 5.69 Å². The molecular weight excluding hydrogens is 541 g/mol. The van der Waals surface area contributed by atoms with Crippen LogP contribution in [0.5, 0.6) is 0 Å². The van der Waals surface area contributed by atoms with Crippen LogP contribution >= 0.6 is 0 Å². The highest BCUT2D eigenvalue weighted by Crippen LogP contribution is 2.43. The summed E-state index contributed by atoms with van der Waals surface area (Å²) in [4.78, 5) is 35.7. The molecule has 3 rings (SSSR count). The zero-order valence-corrected chi connectivity index (χ0v) is 23.3. The first kappa shape index (κ1) is 32.7. The Morgan fingerprint density at radius 2 is 1.20 bits per heavy atom. The van der Waals surface area contributed by atoms with Crippen LogP contribution in [-0.4, -0.2) is 47.8 Å². The number of amides is 1. The third kappa shape index (κ3) is 8.75. The van der Waals surface area contributed by atoms with E-state index in [9.17, 15) is 38.2 Å². The molecular formula is C29H33F3N4O5. The summed E-state index contributed by atoms with van der Waals surface area (Å²) in [5.74, 6) is -0.116. The van der Waals surface area contributed by atoms with E-state index in [1.165, 1.54) is 4.90 Å². The number of hydrogen-bond donors (Lipinski definition) is 0. The maximum atomic E-state index is 12.8. The lowest BCUT2D eigenvalue weighted by molar-refractivity contribution is -0.393. The summed E-state index contributed by atoms with van der Waals surface area (Å²) in [6.07, 6.45) is -3.83. The van der Waals surface area contributed by atoms with Crippen LogP contribution in [0, 0.1) is 20.2 Å². The highest BCUT2D eigenvalue weighted by Gasteiger charge is 2.39. The van der Waals surface area contributed by atoms with Crippen molar-refractivity contribution in [3.63, 3.8) is 0 Å². The Morgan fingerprint density at radius 3 is 1.49 bits per heavy atom. The molecule has 0 aromatic heterocycles. The number of nitro groups is 2. The molecule has 0 fully saturated rings. The van der Waals surface area contributed by atoms with Gasteiger partial charge in [0.05, 0.1) is 21.3 Å². The number of nitro benzene ring substituents is 2. The third-order valence-corrected chi connectivity index (χ3v) is 6.05. The zero-order chi connectivity index (χ0) is 30.7. The van der Waals surface area contributed by atoms with E-state index in [0.717, 1.165) is 11.1 Å². The van der Waals surface area contributed by atoms with E-state index < -0.39 is 33.0 Å². The van der Waals surface area contributed by atoms with Crippen LogP contribution in [0.15, 0.2) is 72.8 Å². The number of hydrogen-bond acceptors (Lipinski definition) is 6. The molecule has 0 radical (unpaired) electrons. The fourth-order valence-electron chi connectivity index (χ4n) is 4.27. The summed E-state index contributed by atoms with van der Waals surface area (Å²) in [6.45, 7) is 4.07. The van der Waals surface area contributed by atoms with Crippen molar-refractivity contribution in [1.29, 1.82) is 0 Å². The van der Waals surface area contributed by atoms with Gasteiger partial charge in [-0.3, -0.25) is 25.0 Å². The van der Waals surface area contributed by atoms with Crippen LogP contribution in [0.2, 0.25) is 0 Å². The number of nitrogens with zero attached hydrogens (tertiary/aromatic N) is 4. The van der Waals surface area contributed by atoms with Crippen LogP contribution in [0.4, 0.5) is 30.2 Å². The quantitative estimate of drug-likeness (QED) is 0.189. The van der Waals surface area contributed by atoms with Crippen LogP contribution in [0.25, 0.3) is 0 Å². The van der Waals surface area contributed by atoms with Gasteiger partial charge in [0.25, 0.3) is 11.4 Å². The number of carbonyl (C=O) groups is 1. The Morgan fingerprint density at radius 1 is 0.805 bits per heavy atom. The SMILES string of the molecule is CCCN(CCC)c1c([N+](=O)[O-])cc(C(F)(F)F)cc1[N+](=O)[O-].CN(C)C(=O)C(c1ccccc1)c1ccccc1. The predicted octanol–water partition coefficient (Wildman–Crippen LogP) is 7.05. The van der Waals surface area contributed by atoms with Crippen molar-refractivity contribution >= 4 is 23.0 Å². The molecule has 0 aliphatic rings. The number of carbonyl (C=O) groups excluding carboxylic acids is 1. The Balaban J connectivity index is 0.000000295. The minimum absolute atomic E-state index is 0.104. The van der Waals surface area contributed by atoms with Gasteiger partial charge in [0.1, 0.15) is 0 Å². The lowest BCUT2D eigenvalue weighted by Crippen LogP contribution is -2.28. The number of benzene rings is 3. The summed E-state index contributed by atoms with van der Waals surface area (Å²) in [5, 5.41) is 22.4. The van der Waals surface area contributed by atoms with E-state index in [-0.39, 0.29) is 30.6 Å². The van der Waals surface area contributed by atoms with E-state index >= 15 is 0 Å². The molecule has 41 heavy (non-hydrogen) atoms. The highest BCUT2D eigenvalue weighted by atomic mass is 19.4. The molecule has 0 saturated carbocycles. The molecule has 0 unspecified atom stereocenters. The summed E-state index contributed by atoms with van der Waals surface area (Å²) < 4.78 is 38.5. The average molecular weight is 575 g/mol. The van der Waals surface area contributed by atoms with Gasteiger partial charge in [-0.25, -0.2) is 0 Å². The van der Waals surface area contributed by atoms with Gasteiger partial charge in [-0.2, -0.15) is 13.2 Å². The Labute approximate surface area is 236 Å². The number of anilines is 1. The van der Waals surface area contributed by atoms with Crippen molar-refractivity contribution in [3.8, 4) is 0 Å². The van der Waals surface area contributed by atoms with Gasteiger partial charge < -0.3 is 9.80 Å². The largest absolute Gasteiger partial charge is 0.416 e. The normalized spacial score (nSPS) is 10.9. The number of halogens is 3. The maximum absolute atomic E-state index is 12.8. The molecule has 1 amide bonds. The Hall–Kier alpha value is -4.48. The monoisotopic (exact) mass is 574 g/mol. The van der Waals surface area contributed by atoms with Gasteiger partial charge in [0, 0.05) is 39.3 Å². The molecule has 0 spiro atoms. The number of rotatable bonds is 10. The first-order valence-electron chi connectivity index (χ1n) is 12.9. The molecule has 0 atom stereocenters. The van der Waals surface area contributed by atoms with Crippen LogP contribution in [0.1, 0.15) is 49.3 Å². The van der Waals surface area contributed by atoms with Gasteiger partial charge in [0.2, 0.25) is 5.91 Å². The second-order valence-corrected chi connectivity index (χ2v) is 9.35. The first-order chi connectivity index (χ1) is 19.3. The molecule has 3 aromatic carbocycles. The zero-order valence-electron chi connectivity index (χ0n) is 23.3. The fourth-order valence-corrected chi connectivity index (χ4v) is 4.27. The summed E-state index contributed by atoms with van der Waals surface area (Å²) >= 11 is 0. The Bertz CT molecular complexity index is 1240. The number of likely N-dealkylation sites (N-methyl/N-ethyl adjacent to an activating group) is 1. The summed E-state index contributed by atoms with van der Waals surface area (Å²) in [6, 6.07) is 20.5. The molecule has 0 aliphatic heterocycles. The van der Waals surface area contributed by atoms with Gasteiger partial charge in [-0.1, -0.05) is 74.5 Å². The highest BCUT2D eigenvalue weighted by molar-refractivity contribution is 5.86. The molecule has 0 saturated heterocycles. The minimum Gasteiger partial charge on any atom is -0.360 e. The van der Waals surface area contributed by atoms with Crippen molar-refractivity contribution in [2.75, 3.05) is 32.1 Å². The van der Waals surface area contributed by atoms with Crippen LogP contribution in [0.3, 0.4) is 0 Å². The topological polar surface area (TPSA) is 110 Å². The maximum Gasteiger partial charge on any atom is 0.416 e. The first-order valence-corrected chi connectivity index (χ1v) is 12.9. The molecule has 3 aromatic rings. The molecule has 9 nitrogen and oxygen atoms in total. The van der Waals surface area contributed by atoms with Crippen molar-refractivity contribution in [2.24, 2.45) is 0 Å². The van der Waals surface area contributed by atoms with Crippen molar-refractivity contribution in [1.82, 2.24) is 4.90 Å². The van der Waals surface area contributed by atoms with E-state index in [4.69, 9.17) is 0 Å². The molecule has 0 N–H and O–H groups in total. The lowest BCUT2D eigenvalue weighted by atomic mass is 9.90. The molecule has 0 bridgehead atoms. The number of alkyl halides is 3. The van der Waals surface area contributed by atoms with Crippen molar-refractivity contribution in [2.45, 2.75) is 38.8 Å². The third-order valence-electron chi connectivity index (χ3n) is 6.05. The summed E-state index contributed by atoms with van der Waals surface area (Å²) in [5.41, 5.74) is -1.55. The van der Waals surface area contributed by atoms with Crippen molar-refractivity contribution < 1.29 is 27.8 Å². The molecule has 0 heterocycles. The Kier molecular flexibility index (Phi) is 11.8. The predicted molar refractivity (Wildman–Crippen MR) is 151 cm³/mol. The van der Waals surface area contributed by atoms with Crippen molar-refractivity contribution in [3.05, 3.63) is 110 Å². The molecule has 0 aliphatic carbocycles. The lowest BCUT2D eigenvalue weighted by Gasteiger charge is -2.23. The van der Waals surface area contributed by atoms with Gasteiger partial charge >= 0.3 is 6.18 Å².